The third-order valence-corrected chi connectivity index (χ3v) is 9.62. The number of carbonyl (C=O) groups excluding carboxylic acids is 1. The summed E-state index contributed by atoms with van der Waals surface area (Å²) in [5.74, 6) is -0.714. The molecule has 0 aromatic heterocycles. The van der Waals surface area contributed by atoms with E-state index in [0.29, 0.717) is 19.2 Å². The Labute approximate surface area is 228 Å². The number of amides is 1. The predicted molar refractivity (Wildman–Crippen MR) is 141 cm³/mol. The average molecular weight is 602 g/mol. The second kappa shape index (κ2) is 11.2. The Hall–Kier alpha value is -3.13. The number of alkyl halides is 3. The highest BCUT2D eigenvalue weighted by atomic mass is 35.5. The fourth-order valence-corrected chi connectivity index (χ4v) is 6.78. The number of halogens is 4. The first-order chi connectivity index (χ1) is 18.3. The van der Waals surface area contributed by atoms with Crippen LogP contribution in [0.4, 0.5) is 24.5 Å². The van der Waals surface area contributed by atoms with Gasteiger partial charge in [-0.05, 0) is 73.5 Å². The summed E-state index contributed by atoms with van der Waals surface area (Å²) >= 11 is 6.17. The smallest absolute Gasteiger partial charge is 0.322 e. The average Bonchev–Trinajstić information content (AvgIpc) is 2.89. The van der Waals surface area contributed by atoms with Crippen LogP contribution in [-0.2, 0) is 26.2 Å². The van der Waals surface area contributed by atoms with Crippen LogP contribution in [0.3, 0.4) is 0 Å². The lowest BCUT2D eigenvalue weighted by molar-refractivity contribution is -0.137. The maximum absolute atomic E-state index is 13.0. The molecular formula is C25H23ClF3N3O5S2. The number of rotatable bonds is 7. The van der Waals surface area contributed by atoms with Crippen molar-refractivity contribution in [1.29, 1.82) is 0 Å². The molecule has 0 bridgehead atoms. The Balaban J connectivity index is 1.49. The van der Waals surface area contributed by atoms with Gasteiger partial charge in [0, 0.05) is 24.5 Å². The van der Waals surface area contributed by atoms with E-state index in [1.54, 1.807) is 0 Å². The van der Waals surface area contributed by atoms with Crippen LogP contribution in [0.2, 0.25) is 5.02 Å². The standard InChI is InChI=1S/C25H23ClF3N3O5S2/c26-23-12-11-21(39(36,37)32-13-2-1-3-14-32)16-22(23)24(33)30-18-7-9-20(10-8-18)38(34,35)31-19-6-4-5-17(15-19)25(27,28)29/h4-12,15-16,31H,1-3,13-14H2,(H,30,33). The van der Waals surface area contributed by atoms with E-state index in [0.717, 1.165) is 43.5 Å². The summed E-state index contributed by atoms with van der Waals surface area (Å²) in [5.41, 5.74) is -1.18. The number of carbonyl (C=O) groups is 1. The number of hydrogen-bond acceptors (Lipinski definition) is 5. The molecular weight excluding hydrogens is 579 g/mol. The third-order valence-electron chi connectivity index (χ3n) is 6.00. The van der Waals surface area contributed by atoms with E-state index in [2.05, 4.69) is 10.0 Å². The highest BCUT2D eigenvalue weighted by Crippen LogP contribution is 2.31. The summed E-state index contributed by atoms with van der Waals surface area (Å²) in [7, 11) is -8.04. The van der Waals surface area contributed by atoms with E-state index < -0.39 is 37.7 Å². The first-order valence-electron chi connectivity index (χ1n) is 11.7. The van der Waals surface area contributed by atoms with Gasteiger partial charge >= 0.3 is 6.18 Å². The molecule has 1 fully saturated rings. The van der Waals surface area contributed by atoms with Crippen molar-refractivity contribution in [3.8, 4) is 0 Å². The van der Waals surface area contributed by atoms with Gasteiger partial charge < -0.3 is 5.32 Å². The summed E-state index contributed by atoms with van der Waals surface area (Å²) in [6, 6.07) is 12.5. The maximum Gasteiger partial charge on any atom is 0.416 e. The summed E-state index contributed by atoms with van der Waals surface area (Å²) in [4.78, 5) is 12.6. The maximum atomic E-state index is 13.0. The molecule has 0 atom stereocenters. The van der Waals surface area contributed by atoms with Crippen molar-refractivity contribution in [2.75, 3.05) is 23.1 Å². The highest BCUT2D eigenvalue weighted by Gasteiger charge is 2.31. The van der Waals surface area contributed by atoms with Gasteiger partial charge in [-0.15, -0.1) is 0 Å². The Morgan fingerprint density at radius 2 is 1.46 bits per heavy atom. The van der Waals surface area contributed by atoms with Crippen molar-refractivity contribution in [3.63, 3.8) is 0 Å². The van der Waals surface area contributed by atoms with Crippen LogP contribution < -0.4 is 10.0 Å². The molecule has 3 aromatic carbocycles. The van der Waals surface area contributed by atoms with Crippen molar-refractivity contribution in [2.45, 2.75) is 35.2 Å². The summed E-state index contributed by atoms with van der Waals surface area (Å²) < 4.78 is 93.6. The minimum atomic E-state index is -4.64. The van der Waals surface area contributed by atoms with Crippen molar-refractivity contribution in [1.82, 2.24) is 4.31 Å². The molecule has 0 saturated carbocycles. The summed E-state index contributed by atoms with van der Waals surface area (Å²) in [6.45, 7) is 0.786. The number of nitrogens with zero attached hydrogens (tertiary/aromatic N) is 1. The lowest BCUT2D eigenvalue weighted by Crippen LogP contribution is -2.35. The Morgan fingerprint density at radius 3 is 2.10 bits per heavy atom. The van der Waals surface area contributed by atoms with Crippen LogP contribution in [0.5, 0.6) is 0 Å². The van der Waals surface area contributed by atoms with Gasteiger partial charge in [0.2, 0.25) is 10.0 Å². The Kier molecular flexibility index (Phi) is 8.26. The minimum Gasteiger partial charge on any atom is -0.322 e. The molecule has 39 heavy (non-hydrogen) atoms. The lowest BCUT2D eigenvalue weighted by atomic mass is 10.2. The molecule has 1 amide bonds. The Morgan fingerprint density at radius 1 is 0.821 bits per heavy atom. The molecule has 0 radical (unpaired) electrons. The molecule has 1 heterocycles. The second-order valence-corrected chi connectivity index (χ2v) is 12.8. The van der Waals surface area contributed by atoms with E-state index in [9.17, 15) is 34.8 Å². The number of benzene rings is 3. The molecule has 208 valence electrons. The van der Waals surface area contributed by atoms with Gasteiger partial charge in [-0.2, -0.15) is 17.5 Å². The van der Waals surface area contributed by atoms with Gasteiger partial charge in [0.15, 0.2) is 0 Å². The molecule has 0 aliphatic carbocycles. The van der Waals surface area contributed by atoms with Gasteiger partial charge in [-0.1, -0.05) is 24.1 Å². The molecule has 4 rings (SSSR count). The van der Waals surface area contributed by atoms with E-state index in [1.807, 2.05) is 0 Å². The van der Waals surface area contributed by atoms with Gasteiger partial charge in [-0.3, -0.25) is 9.52 Å². The normalized spacial score (nSPS) is 15.1. The number of nitrogens with one attached hydrogen (secondary N) is 2. The van der Waals surface area contributed by atoms with Crippen LogP contribution in [0, 0.1) is 0 Å². The van der Waals surface area contributed by atoms with E-state index in [-0.39, 0.29) is 31.8 Å². The van der Waals surface area contributed by atoms with Crippen molar-refractivity contribution in [3.05, 3.63) is 82.9 Å². The number of anilines is 2. The Bertz CT molecular complexity index is 1590. The minimum absolute atomic E-state index is 0.0228. The number of sulfonamides is 2. The van der Waals surface area contributed by atoms with Gasteiger partial charge in [0.05, 0.1) is 25.9 Å². The topological polar surface area (TPSA) is 113 Å². The molecule has 2 N–H and O–H groups in total. The number of piperidine rings is 1. The molecule has 0 spiro atoms. The summed E-state index contributed by atoms with van der Waals surface area (Å²) in [5, 5.41) is 2.56. The zero-order chi connectivity index (χ0) is 28.4. The third kappa shape index (κ3) is 6.72. The number of hydrogen-bond donors (Lipinski definition) is 2. The van der Waals surface area contributed by atoms with E-state index in [1.165, 1.54) is 40.7 Å². The van der Waals surface area contributed by atoms with Gasteiger partial charge in [-0.25, -0.2) is 16.8 Å². The van der Waals surface area contributed by atoms with Crippen LogP contribution in [0.25, 0.3) is 0 Å². The first-order valence-corrected chi connectivity index (χ1v) is 15.0. The van der Waals surface area contributed by atoms with Crippen molar-refractivity contribution < 1.29 is 34.8 Å². The zero-order valence-electron chi connectivity index (χ0n) is 20.2. The van der Waals surface area contributed by atoms with Crippen LogP contribution in [0.1, 0.15) is 35.2 Å². The largest absolute Gasteiger partial charge is 0.416 e. The van der Waals surface area contributed by atoms with Crippen molar-refractivity contribution >= 4 is 48.9 Å². The highest BCUT2D eigenvalue weighted by molar-refractivity contribution is 7.92. The van der Waals surface area contributed by atoms with E-state index >= 15 is 0 Å². The van der Waals surface area contributed by atoms with Crippen LogP contribution >= 0.6 is 11.6 Å². The molecule has 0 unspecified atom stereocenters. The fourth-order valence-electron chi connectivity index (χ4n) is 3.98. The quantitative estimate of drug-likeness (QED) is 0.367. The monoisotopic (exact) mass is 601 g/mol. The molecule has 8 nitrogen and oxygen atoms in total. The zero-order valence-corrected chi connectivity index (χ0v) is 22.6. The molecule has 14 heteroatoms. The van der Waals surface area contributed by atoms with Crippen LogP contribution in [-0.4, -0.2) is 40.1 Å². The van der Waals surface area contributed by atoms with E-state index in [4.69, 9.17) is 11.6 Å². The van der Waals surface area contributed by atoms with Crippen molar-refractivity contribution in [2.24, 2.45) is 0 Å². The molecule has 1 saturated heterocycles. The molecule has 1 aliphatic rings. The summed E-state index contributed by atoms with van der Waals surface area (Å²) in [6.07, 6.45) is -2.19. The lowest BCUT2D eigenvalue weighted by Gasteiger charge is -2.26. The second-order valence-electron chi connectivity index (χ2n) is 8.77. The molecule has 3 aromatic rings. The predicted octanol–water partition coefficient (Wildman–Crippen LogP) is 5.59. The first kappa shape index (κ1) is 28.9. The fraction of sp³-hybridized carbons (Fsp3) is 0.240. The van der Waals surface area contributed by atoms with Gasteiger partial charge in [0.25, 0.3) is 15.9 Å². The van der Waals surface area contributed by atoms with Crippen LogP contribution in [0.15, 0.2) is 76.5 Å². The SMILES string of the molecule is O=C(Nc1ccc(S(=O)(=O)Nc2cccc(C(F)(F)F)c2)cc1)c1cc(S(=O)(=O)N2CCCCC2)ccc1Cl. The van der Waals surface area contributed by atoms with Gasteiger partial charge in [0.1, 0.15) is 0 Å². The molecule has 1 aliphatic heterocycles.